The van der Waals surface area contributed by atoms with E-state index in [1.165, 1.54) is 6.92 Å². The molecule has 84 valence electrons. The number of amides is 1. The van der Waals surface area contributed by atoms with Crippen LogP contribution in [0.25, 0.3) is 0 Å². The number of rotatable bonds is 2. The smallest absolute Gasteiger partial charge is 0.219 e. The van der Waals surface area contributed by atoms with Crippen LogP contribution in [-0.4, -0.2) is 60.1 Å². The van der Waals surface area contributed by atoms with Crippen LogP contribution in [0.4, 0.5) is 0 Å². The van der Waals surface area contributed by atoms with Crippen LogP contribution in [0.2, 0.25) is 0 Å². The molecule has 0 radical (unpaired) electrons. The van der Waals surface area contributed by atoms with Gasteiger partial charge in [0.25, 0.3) is 0 Å². The molecule has 1 saturated heterocycles. The summed E-state index contributed by atoms with van der Waals surface area (Å²) >= 11 is 0. The van der Waals surface area contributed by atoms with Crippen LogP contribution in [0, 0.1) is 11.8 Å². The highest BCUT2D eigenvalue weighted by Gasteiger charge is 2.18. The van der Waals surface area contributed by atoms with Gasteiger partial charge in [-0.3, -0.25) is 9.69 Å². The van der Waals surface area contributed by atoms with Crippen molar-refractivity contribution in [1.82, 2.24) is 9.80 Å². The first-order valence-corrected chi connectivity index (χ1v) is 5.17. The first kappa shape index (κ1) is 12.0. The Bertz CT molecular complexity index is 280. The molecule has 1 fully saturated rings. The minimum absolute atomic E-state index is 0.0286. The fraction of sp³-hybridized carbons (Fsp3) is 0.727. The topological polar surface area (TPSA) is 43.8 Å². The summed E-state index contributed by atoms with van der Waals surface area (Å²) < 4.78 is 0. The highest BCUT2D eigenvalue weighted by Crippen LogP contribution is 2.06. The third kappa shape index (κ3) is 4.32. The summed E-state index contributed by atoms with van der Waals surface area (Å²) in [5, 5.41) is 9.27. The monoisotopic (exact) mass is 210 g/mol. The number of aliphatic hydroxyl groups excluding tert-OH is 1. The first-order chi connectivity index (χ1) is 7.09. The first-order valence-electron chi connectivity index (χ1n) is 5.17. The summed E-state index contributed by atoms with van der Waals surface area (Å²) in [5.74, 6) is 5.97. The van der Waals surface area contributed by atoms with Gasteiger partial charge in [-0.15, -0.1) is 0 Å². The molecule has 0 aromatic rings. The number of carbonyl (C=O) groups excluding carboxylic acids is 1. The Kier molecular flexibility index (Phi) is 4.60. The van der Waals surface area contributed by atoms with Gasteiger partial charge in [0.15, 0.2) is 0 Å². The molecule has 0 aromatic heterocycles. The molecule has 1 atom stereocenters. The quantitative estimate of drug-likeness (QED) is 0.627. The van der Waals surface area contributed by atoms with Gasteiger partial charge < -0.3 is 10.0 Å². The molecule has 1 aliphatic rings. The average Bonchev–Trinajstić information content (AvgIpc) is 2.58. The number of β-amino-alcohol motifs (C(OH)–C–C–N with tert-alkyl or cyclic N) is 1. The largest absolute Gasteiger partial charge is 0.392 e. The molecule has 0 aromatic carbocycles. The lowest BCUT2D eigenvalue weighted by molar-refractivity contribution is -0.126. The van der Waals surface area contributed by atoms with E-state index in [-0.39, 0.29) is 12.0 Å². The lowest BCUT2D eigenvalue weighted by Crippen LogP contribution is -2.25. The van der Waals surface area contributed by atoms with Gasteiger partial charge in [-0.1, -0.05) is 11.8 Å². The molecule has 1 N–H and O–H groups in total. The zero-order valence-corrected chi connectivity index (χ0v) is 9.36. The minimum atomic E-state index is -0.188. The van der Waals surface area contributed by atoms with Crippen molar-refractivity contribution in [2.75, 3.05) is 33.2 Å². The number of hydrogen-bond acceptors (Lipinski definition) is 3. The molecule has 1 rings (SSSR count). The zero-order chi connectivity index (χ0) is 11.3. The molecule has 0 unspecified atom stereocenters. The second kappa shape index (κ2) is 5.74. The fourth-order valence-corrected chi connectivity index (χ4v) is 1.41. The lowest BCUT2D eigenvalue weighted by Gasteiger charge is -2.11. The Morgan fingerprint density at radius 3 is 2.87 bits per heavy atom. The third-order valence-electron chi connectivity index (χ3n) is 2.53. The maximum atomic E-state index is 10.9. The molecular formula is C11H18N2O2. The third-order valence-corrected chi connectivity index (χ3v) is 2.53. The molecule has 0 spiro atoms. The van der Waals surface area contributed by atoms with E-state index in [0.29, 0.717) is 13.1 Å². The SMILES string of the molecule is CC(=O)N(C)CC#CCN1CC[C@H](O)C1. The van der Waals surface area contributed by atoms with Crippen molar-refractivity contribution in [3.8, 4) is 11.8 Å². The predicted octanol–water partition coefficient (Wildman–Crippen LogP) is -0.465. The van der Waals surface area contributed by atoms with Crippen molar-refractivity contribution in [3.05, 3.63) is 0 Å². The molecule has 1 aliphatic heterocycles. The van der Waals surface area contributed by atoms with Crippen molar-refractivity contribution in [2.24, 2.45) is 0 Å². The Balaban J connectivity index is 2.19. The van der Waals surface area contributed by atoms with E-state index < -0.39 is 0 Å². The van der Waals surface area contributed by atoms with Crippen LogP contribution in [0.15, 0.2) is 0 Å². The average molecular weight is 210 g/mol. The second-order valence-electron chi connectivity index (χ2n) is 3.91. The van der Waals surface area contributed by atoms with Crippen molar-refractivity contribution >= 4 is 5.91 Å². The van der Waals surface area contributed by atoms with Gasteiger partial charge >= 0.3 is 0 Å². The number of carbonyl (C=O) groups is 1. The Labute approximate surface area is 90.9 Å². The van der Waals surface area contributed by atoms with Gasteiger partial charge in [0.05, 0.1) is 19.2 Å². The maximum Gasteiger partial charge on any atom is 0.219 e. The molecule has 0 saturated carbocycles. The van der Waals surface area contributed by atoms with E-state index in [9.17, 15) is 9.90 Å². The van der Waals surface area contributed by atoms with Crippen molar-refractivity contribution in [1.29, 1.82) is 0 Å². The van der Waals surface area contributed by atoms with Crippen LogP contribution < -0.4 is 0 Å². The van der Waals surface area contributed by atoms with E-state index in [1.807, 2.05) is 0 Å². The molecule has 1 heterocycles. The Morgan fingerprint density at radius 1 is 1.60 bits per heavy atom. The van der Waals surface area contributed by atoms with Crippen LogP contribution in [-0.2, 0) is 4.79 Å². The van der Waals surface area contributed by atoms with Gasteiger partial charge in [-0.2, -0.15) is 0 Å². The van der Waals surface area contributed by atoms with Gasteiger partial charge in [-0.05, 0) is 6.42 Å². The van der Waals surface area contributed by atoms with E-state index in [1.54, 1.807) is 11.9 Å². The normalized spacial score (nSPS) is 20.9. The molecule has 1 amide bonds. The van der Waals surface area contributed by atoms with Crippen molar-refractivity contribution < 1.29 is 9.90 Å². The van der Waals surface area contributed by atoms with Gasteiger partial charge in [0, 0.05) is 27.1 Å². The summed E-state index contributed by atoms with van der Waals surface area (Å²) in [7, 11) is 1.73. The van der Waals surface area contributed by atoms with E-state index in [2.05, 4.69) is 16.7 Å². The highest BCUT2D eigenvalue weighted by atomic mass is 16.3. The number of hydrogen-bond donors (Lipinski definition) is 1. The van der Waals surface area contributed by atoms with E-state index >= 15 is 0 Å². The standard InChI is InChI=1S/C11H18N2O2/c1-10(14)12(2)6-3-4-7-13-8-5-11(15)9-13/h11,15H,5-9H2,1-2H3/t11-/m0/s1. The van der Waals surface area contributed by atoms with Crippen molar-refractivity contribution in [3.63, 3.8) is 0 Å². The molecule has 4 heteroatoms. The van der Waals surface area contributed by atoms with E-state index in [4.69, 9.17) is 0 Å². The summed E-state index contributed by atoms with van der Waals surface area (Å²) in [5.41, 5.74) is 0. The maximum absolute atomic E-state index is 10.9. The van der Waals surface area contributed by atoms with Gasteiger partial charge in [0.1, 0.15) is 0 Å². The summed E-state index contributed by atoms with van der Waals surface area (Å²) in [6.45, 7) is 4.32. The van der Waals surface area contributed by atoms with Gasteiger partial charge in [0.2, 0.25) is 5.91 Å². The molecule has 0 aliphatic carbocycles. The summed E-state index contributed by atoms with van der Waals surface area (Å²) in [6.07, 6.45) is 0.654. The highest BCUT2D eigenvalue weighted by molar-refractivity contribution is 5.73. The van der Waals surface area contributed by atoms with Crippen LogP contribution in [0.5, 0.6) is 0 Å². The lowest BCUT2D eigenvalue weighted by atomic mass is 10.3. The van der Waals surface area contributed by atoms with Crippen LogP contribution in [0.1, 0.15) is 13.3 Å². The molecular weight excluding hydrogens is 192 g/mol. The number of aliphatic hydroxyl groups is 1. The minimum Gasteiger partial charge on any atom is -0.392 e. The van der Waals surface area contributed by atoms with Crippen LogP contribution >= 0.6 is 0 Å². The van der Waals surface area contributed by atoms with Crippen LogP contribution in [0.3, 0.4) is 0 Å². The molecule has 0 bridgehead atoms. The molecule has 15 heavy (non-hydrogen) atoms. The number of nitrogens with zero attached hydrogens (tertiary/aromatic N) is 2. The van der Waals surface area contributed by atoms with Crippen molar-refractivity contribution in [2.45, 2.75) is 19.4 Å². The van der Waals surface area contributed by atoms with Gasteiger partial charge in [-0.25, -0.2) is 0 Å². The van der Waals surface area contributed by atoms with E-state index in [0.717, 1.165) is 19.5 Å². The Morgan fingerprint density at radius 2 is 2.33 bits per heavy atom. The summed E-state index contributed by atoms with van der Waals surface area (Å²) in [6, 6.07) is 0. The fourth-order valence-electron chi connectivity index (χ4n) is 1.41. The zero-order valence-electron chi connectivity index (χ0n) is 9.36. The molecule has 4 nitrogen and oxygen atoms in total. The summed E-state index contributed by atoms with van der Waals surface area (Å²) in [4.78, 5) is 14.5. The predicted molar refractivity (Wildman–Crippen MR) is 58.2 cm³/mol. The second-order valence-corrected chi connectivity index (χ2v) is 3.91. The Hall–Kier alpha value is -1.05. The number of likely N-dealkylation sites (tertiary alicyclic amines) is 1.